The lowest BCUT2D eigenvalue weighted by Gasteiger charge is -2.12. The maximum Gasteiger partial charge on any atom is 0.313 e. The Kier molecular flexibility index (Phi) is 3.96. The average molecular weight is 194 g/mol. The lowest BCUT2D eigenvalue weighted by Crippen LogP contribution is -2.25. The summed E-state index contributed by atoms with van der Waals surface area (Å²) in [6, 6.07) is 0. The quantitative estimate of drug-likeness (QED) is 0.301. The molecule has 0 fully saturated rings. The molecule has 0 amide bonds. The zero-order valence-corrected chi connectivity index (χ0v) is 8.12. The fraction of sp³-hybridized carbons (Fsp3) is 0.667. The van der Waals surface area contributed by atoms with Crippen LogP contribution in [0, 0.1) is 0 Å². The second kappa shape index (κ2) is 4.01. The van der Waals surface area contributed by atoms with Crippen molar-refractivity contribution in [1.82, 2.24) is 0 Å². The van der Waals surface area contributed by atoms with Crippen molar-refractivity contribution < 1.29 is 14.3 Å². The molecular weight excluding hydrogens is 184 g/mol. The van der Waals surface area contributed by atoms with Crippen LogP contribution in [0.15, 0.2) is 0 Å². The van der Waals surface area contributed by atoms with Crippen LogP contribution in [0.4, 0.5) is 0 Å². The predicted molar refractivity (Wildman–Crippen MR) is 48.0 cm³/mol. The molecule has 0 bridgehead atoms. The van der Waals surface area contributed by atoms with Gasteiger partial charge in [-0.25, -0.2) is 0 Å². The van der Waals surface area contributed by atoms with Crippen LogP contribution in [0.2, 0.25) is 0 Å². The van der Waals surface area contributed by atoms with Crippen molar-refractivity contribution in [3.63, 3.8) is 0 Å². The molecule has 0 atom stereocenters. The summed E-state index contributed by atoms with van der Waals surface area (Å²) in [4.78, 5) is 21.5. The van der Waals surface area contributed by atoms with E-state index in [1.54, 1.807) is 0 Å². The molecule has 0 radical (unpaired) electrons. The van der Waals surface area contributed by atoms with Gasteiger partial charge in [-0.2, -0.15) is 25.3 Å². The lowest BCUT2D eigenvalue weighted by molar-refractivity contribution is -0.143. The van der Waals surface area contributed by atoms with E-state index in [1.807, 2.05) is 0 Å². The van der Waals surface area contributed by atoms with Crippen LogP contribution >= 0.6 is 25.3 Å². The average Bonchev–Trinajstić information content (AvgIpc) is 1.85. The Hall–Kier alpha value is -0.160. The van der Waals surface area contributed by atoms with Crippen molar-refractivity contribution in [2.24, 2.45) is 0 Å². The number of ether oxygens (including phenoxy) is 1. The van der Waals surface area contributed by atoms with E-state index >= 15 is 0 Å². The molecule has 0 aliphatic rings. The van der Waals surface area contributed by atoms with Gasteiger partial charge in [0.2, 0.25) is 0 Å². The molecule has 0 aliphatic heterocycles. The van der Waals surface area contributed by atoms with E-state index in [9.17, 15) is 9.59 Å². The fourth-order valence-corrected chi connectivity index (χ4v) is 0.529. The summed E-state index contributed by atoms with van der Waals surface area (Å²) in [6.07, 6.45) is -0.278. The number of esters is 1. The van der Waals surface area contributed by atoms with E-state index in [1.165, 1.54) is 14.0 Å². The van der Waals surface area contributed by atoms with Crippen molar-refractivity contribution in [2.45, 2.75) is 17.4 Å². The normalized spacial score (nSPS) is 10.9. The molecule has 0 aliphatic carbocycles. The standard InChI is InChI=1S/C6H10O3S2/c1-6(10,11)4(7)3-5(8)9-2/h10-11H,3H2,1-2H3. The number of carbonyl (C=O) groups is 2. The van der Waals surface area contributed by atoms with Gasteiger partial charge < -0.3 is 4.74 Å². The molecule has 5 heteroatoms. The molecule has 0 heterocycles. The van der Waals surface area contributed by atoms with Gasteiger partial charge in [-0.15, -0.1) is 0 Å². The van der Waals surface area contributed by atoms with Gasteiger partial charge in [0, 0.05) is 0 Å². The monoisotopic (exact) mass is 194 g/mol. The highest BCUT2D eigenvalue weighted by atomic mass is 32.2. The first kappa shape index (κ1) is 10.8. The zero-order chi connectivity index (χ0) is 9.07. The van der Waals surface area contributed by atoms with Gasteiger partial charge in [0.05, 0.1) is 7.11 Å². The topological polar surface area (TPSA) is 43.4 Å². The van der Waals surface area contributed by atoms with Gasteiger partial charge in [0.25, 0.3) is 0 Å². The third kappa shape index (κ3) is 4.31. The first-order valence-corrected chi connectivity index (χ1v) is 3.82. The van der Waals surface area contributed by atoms with Crippen molar-refractivity contribution >= 4 is 37.0 Å². The lowest BCUT2D eigenvalue weighted by atomic mass is 10.2. The summed E-state index contributed by atoms with van der Waals surface area (Å²) in [7, 11) is 1.23. The maximum absolute atomic E-state index is 11.0. The highest BCUT2D eigenvalue weighted by Crippen LogP contribution is 2.20. The van der Waals surface area contributed by atoms with Crippen molar-refractivity contribution in [3.05, 3.63) is 0 Å². The van der Waals surface area contributed by atoms with Crippen LogP contribution < -0.4 is 0 Å². The Morgan fingerprint density at radius 3 is 2.18 bits per heavy atom. The molecule has 0 aromatic rings. The summed E-state index contributed by atoms with van der Waals surface area (Å²) < 4.78 is 3.23. The van der Waals surface area contributed by atoms with Crippen LogP contribution in [0.5, 0.6) is 0 Å². The minimum absolute atomic E-state index is 0.278. The number of methoxy groups -OCH3 is 1. The van der Waals surface area contributed by atoms with Gasteiger partial charge in [0.15, 0.2) is 5.78 Å². The molecule has 0 unspecified atom stereocenters. The van der Waals surface area contributed by atoms with Crippen LogP contribution in [0.1, 0.15) is 13.3 Å². The van der Waals surface area contributed by atoms with E-state index in [0.29, 0.717) is 0 Å². The number of Topliss-reactive ketones (excluding diaryl/α,β-unsaturated/α-hetero) is 1. The van der Waals surface area contributed by atoms with Crippen molar-refractivity contribution in [1.29, 1.82) is 0 Å². The molecular formula is C6H10O3S2. The molecule has 0 aromatic heterocycles. The Morgan fingerprint density at radius 2 is 1.91 bits per heavy atom. The zero-order valence-electron chi connectivity index (χ0n) is 6.33. The SMILES string of the molecule is COC(=O)CC(=O)C(C)(S)S. The number of hydrogen-bond donors (Lipinski definition) is 2. The molecule has 0 N–H and O–H groups in total. The van der Waals surface area contributed by atoms with Crippen molar-refractivity contribution in [2.75, 3.05) is 7.11 Å². The Bertz CT molecular complexity index is 171. The number of hydrogen-bond acceptors (Lipinski definition) is 5. The molecule has 64 valence electrons. The van der Waals surface area contributed by atoms with Gasteiger partial charge >= 0.3 is 5.97 Å². The van der Waals surface area contributed by atoms with E-state index in [4.69, 9.17) is 0 Å². The van der Waals surface area contributed by atoms with Crippen LogP contribution in [-0.2, 0) is 14.3 Å². The molecule has 0 aromatic carbocycles. The smallest absolute Gasteiger partial charge is 0.313 e. The number of ketones is 1. The largest absolute Gasteiger partial charge is 0.469 e. The minimum Gasteiger partial charge on any atom is -0.469 e. The third-order valence-electron chi connectivity index (χ3n) is 1.06. The minimum atomic E-state index is -1.06. The second-order valence-corrected chi connectivity index (χ2v) is 4.34. The van der Waals surface area contributed by atoms with E-state index in [0.717, 1.165) is 0 Å². The first-order chi connectivity index (χ1) is 4.88. The molecule has 3 nitrogen and oxygen atoms in total. The molecule has 0 saturated carbocycles. The molecule has 0 rings (SSSR count). The first-order valence-electron chi connectivity index (χ1n) is 2.92. The van der Waals surface area contributed by atoms with Crippen LogP contribution in [0.3, 0.4) is 0 Å². The predicted octanol–water partition coefficient (Wildman–Crippen LogP) is 0.694. The second-order valence-electron chi connectivity index (χ2n) is 2.20. The van der Waals surface area contributed by atoms with Gasteiger partial charge in [-0.1, -0.05) is 0 Å². The Labute approximate surface area is 76.3 Å². The number of rotatable bonds is 3. The number of carbonyl (C=O) groups excluding carboxylic acids is 2. The summed E-state index contributed by atoms with van der Waals surface area (Å²) >= 11 is 7.74. The summed E-state index contributed by atoms with van der Waals surface area (Å²) in [6.45, 7) is 1.50. The van der Waals surface area contributed by atoms with Gasteiger partial charge in [0.1, 0.15) is 10.5 Å². The summed E-state index contributed by atoms with van der Waals surface area (Å²) in [5.74, 6) is -0.930. The number of thiol groups is 2. The van der Waals surface area contributed by atoms with Crippen LogP contribution in [0.25, 0.3) is 0 Å². The van der Waals surface area contributed by atoms with E-state index in [-0.39, 0.29) is 12.2 Å². The Morgan fingerprint density at radius 1 is 1.45 bits per heavy atom. The Balaban J connectivity index is 3.99. The van der Waals surface area contributed by atoms with E-state index in [2.05, 4.69) is 30.0 Å². The fourth-order valence-electron chi connectivity index (χ4n) is 0.371. The highest BCUT2D eigenvalue weighted by Gasteiger charge is 2.25. The van der Waals surface area contributed by atoms with E-state index < -0.39 is 10.0 Å². The summed E-state index contributed by atoms with van der Waals surface area (Å²) in [5.41, 5.74) is 0. The third-order valence-corrected chi connectivity index (χ3v) is 1.56. The summed E-state index contributed by atoms with van der Waals surface area (Å²) in [5, 5.41) is 0. The molecule has 0 saturated heterocycles. The molecule has 11 heavy (non-hydrogen) atoms. The van der Waals surface area contributed by atoms with Crippen molar-refractivity contribution in [3.8, 4) is 0 Å². The molecule has 0 spiro atoms. The maximum atomic E-state index is 11.0. The van der Waals surface area contributed by atoms with Crippen LogP contribution in [-0.4, -0.2) is 22.9 Å². The highest BCUT2D eigenvalue weighted by molar-refractivity contribution is 8.01. The van der Waals surface area contributed by atoms with Gasteiger partial charge in [-0.3, -0.25) is 9.59 Å². The van der Waals surface area contributed by atoms with Gasteiger partial charge in [-0.05, 0) is 6.92 Å².